The van der Waals surface area contributed by atoms with Crippen molar-refractivity contribution in [1.82, 2.24) is 0 Å². The predicted molar refractivity (Wildman–Crippen MR) is 127 cm³/mol. The first-order chi connectivity index (χ1) is 17.7. The van der Waals surface area contributed by atoms with Crippen molar-refractivity contribution in [3.05, 3.63) is 116 Å². The Balaban J connectivity index is 1.79. The topological polar surface area (TPSA) is 212 Å². The summed E-state index contributed by atoms with van der Waals surface area (Å²) in [6.45, 7) is 0. The number of azide groups is 2. The van der Waals surface area contributed by atoms with Crippen molar-refractivity contribution < 1.29 is 32.1 Å². The second-order valence-corrected chi connectivity index (χ2v) is 8.84. The maximum absolute atomic E-state index is 13.2. The molecule has 182 valence electrons. The fourth-order valence-corrected chi connectivity index (χ4v) is 4.73. The van der Waals surface area contributed by atoms with E-state index in [4.69, 9.17) is 15.2 Å². The molecule has 0 saturated heterocycles. The number of nitrogens with zero attached hydrogens (tertiary/aromatic N) is 6. The number of benzene rings is 3. The van der Waals surface area contributed by atoms with Crippen molar-refractivity contribution in [2.24, 2.45) is 10.2 Å². The van der Waals surface area contributed by atoms with E-state index in [2.05, 4.69) is 20.1 Å². The lowest BCUT2D eigenvalue weighted by Gasteiger charge is -2.19. The van der Waals surface area contributed by atoms with Crippen molar-refractivity contribution in [1.29, 1.82) is 0 Å². The number of ketones is 3. The predicted octanol–water partition coefficient (Wildman–Crippen LogP) is 4.45. The van der Waals surface area contributed by atoms with Gasteiger partial charge in [0.25, 0.3) is 0 Å². The van der Waals surface area contributed by atoms with Crippen LogP contribution in [-0.2, 0) is 14.9 Å². The van der Waals surface area contributed by atoms with Gasteiger partial charge in [0.2, 0.25) is 11.6 Å². The largest absolute Gasteiger partial charge is 0.507 e. The van der Waals surface area contributed by atoms with E-state index in [0.717, 1.165) is 30.3 Å². The zero-order chi connectivity index (χ0) is 26.7. The minimum Gasteiger partial charge on any atom is -0.507 e. The molecule has 0 spiro atoms. The molecular formula is C23H12N6O7S. The number of carbonyl (C=O) groups is 3. The molecule has 3 aromatic rings. The molecule has 0 bridgehead atoms. The van der Waals surface area contributed by atoms with Crippen LogP contribution in [-0.4, -0.2) is 30.9 Å². The van der Waals surface area contributed by atoms with Gasteiger partial charge in [-0.05, 0) is 29.3 Å². The van der Waals surface area contributed by atoms with Crippen LogP contribution < -0.4 is 4.18 Å². The molecule has 0 amide bonds. The Hall–Kier alpha value is -5.42. The quantitative estimate of drug-likeness (QED) is 0.119. The molecule has 0 unspecified atom stereocenters. The monoisotopic (exact) mass is 516 g/mol. The van der Waals surface area contributed by atoms with Gasteiger partial charge in [-0.3, -0.25) is 14.4 Å². The third-order valence-corrected chi connectivity index (χ3v) is 6.46. The van der Waals surface area contributed by atoms with Crippen LogP contribution in [0.1, 0.15) is 31.8 Å². The fourth-order valence-electron chi connectivity index (χ4n) is 3.58. The van der Waals surface area contributed by atoms with Crippen LogP contribution in [0.25, 0.3) is 26.6 Å². The molecule has 13 nitrogen and oxygen atoms in total. The smallest absolute Gasteiger partial charge is 0.339 e. The molecule has 37 heavy (non-hydrogen) atoms. The summed E-state index contributed by atoms with van der Waals surface area (Å²) in [4.78, 5) is 41.8. The number of aromatic hydroxyl groups is 1. The summed E-state index contributed by atoms with van der Waals surface area (Å²) >= 11 is 0. The highest BCUT2D eigenvalue weighted by atomic mass is 32.2. The Kier molecular flexibility index (Phi) is 6.46. The van der Waals surface area contributed by atoms with Crippen LogP contribution in [0.4, 0.5) is 0 Å². The number of phenols is 1. The number of Topliss-reactive ketones (excluding diaryl/α,β-unsaturated/α-hetero) is 2. The van der Waals surface area contributed by atoms with Crippen LogP contribution in [0.15, 0.2) is 87.6 Å². The molecule has 0 saturated carbocycles. The summed E-state index contributed by atoms with van der Waals surface area (Å²) in [6.07, 6.45) is 0. The van der Waals surface area contributed by atoms with Gasteiger partial charge < -0.3 is 9.29 Å². The number of hydrogen-bond donors (Lipinski definition) is 1. The Morgan fingerprint density at radius 2 is 1.54 bits per heavy atom. The summed E-state index contributed by atoms with van der Waals surface area (Å²) in [6, 6.07) is 14.6. The summed E-state index contributed by atoms with van der Waals surface area (Å²) in [5.41, 5.74) is 15.5. The van der Waals surface area contributed by atoms with E-state index in [1.54, 1.807) is 30.3 Å². The Morgan fingerprint density at radius 3 is 2.19 bits per heavy atom. The molecule has 3 aromatic carbocycles. The maximum Gasteiger partial charge on any atom is 0.339 e. The van der Waals surface area contributed by atoms with E-state index in [1.807, 2.05) is 0 Å². The number of rotatable bonds is 7. The van der Waals surface area contributed by atoms with Gasteiger partial charge in [-0.1, -0.05) is 52.7 Å². The zero-order valence-corrected chi connectivity index (χ0v) is 19.2. The van der Waals surface area contributed by atoms with Gasteiger partial charge >= 0.3 is 10.1 Å². The lowest BCUT2D eigenvalue weighted by Crippen LogP contribution is -2.25. The maximum atomic E-state index is 13.2. The molecule has 4 rings (SSSR count). The van der Waals surface area contributed by atoms with Crippen molar-refractivity contribution in [3.63, 3.8) is 0 Å². The second kappa shape index (κ2) is 9.68. The SMILES string of the molecule is [N-]=[N+]=NC1=C(N=[N+]=[N-])c2c(cccc2S(=O)(=O)Oc2ccc(C(=O)c3ccccc3)c(O)c2)C(=O)C1=O. The molecule has 0 atom stereocenters. The third-order valence-electron chi connectivity index (χ3n) is 5.17. The first-order valence-corrected chi connectivity index (χ1v) is 11.5. The van der Waals surface area contributed by atoms with Gasteiger partial charge in [0.1, 0.15) is 16.4 Å². The Bertz CT molecular complexity index is 1740. The van der Waals surface area contributed by atoms with E-state index in [1.165, 1.54) is 6.07 Å². The molecule has 1 aliphatic rings. The highest BCUT2D eigenvalue weighted by Gasteiger charge is 2.36. The standard InChI is InChI=1S/C23H12N6O7S/c24-28-26-19-18-15(22(32)23(33)20(19)27-29-25)7-4-8-17(18)37(34,35)36-13-9-10-14(16(30)11-13)21(31)12-5-2-1-3-6-12/h1-11,30H. The third kappa shape index (κ3) is 4.49. The van der Waals surface area contributed by atoms with Gasteiger partial charge in [-0.25, -0.2) is 0 Å². The van der Waals surface area contributed by atoms with Crippen LogP contribution in [0.3, 0.4) is 0 Å². The van der Waals surface area contributed by atoms with Gasteiger partial charge in [-0.2, -0.15) is 8.42 Å². The Labute approximate surface area is 207 Å². The number of hydrogen-bond acceptors (Lipinski definition) is 9. The molecule has 14 heteroatoms. The average molecular weight is 516 g/mol. The van der Waals surface area contributed by atoms with Crippen molar-refractivity contribution in [3.8, 4) is 11.5 Å². The van der Waals surface area contributed by atoms with Crippen LogP contribution in [0, 0.1) is 0 Å². The lowest BCUT2D eigenvalue weighted by atomic mass is 9.91. The fraction of sp³-hybridized carbons (Fsp3) is 0. The summed E-state index contributed by atoms with van der Waals surface area (Å²) in [7, 11) is -4.80. The minimum atomic E-state index is -4.80. The molecule has 0 aliphatic heterocycles. The number of allylic oxidation sites excluding steroid dienone is 1. The highest BCUT2D eigenvalue weighted by molar-refractivity contribution is 7.87. The molecule has 0 aromatic heterocycles. The Morgan fingerprint density at radius 1 is 0.865 bits per heavy atom. The van der Waals surface area contributed by atoms with Crippen molar-refractivity contribution >= 4 is 33.2 Å². The van der Waals surface area contributed by atoms with E-state index in [0.29, 0.717) is 5.56 Å². The lowest BCUT2D eigenvalue weighted by molar-refractivity contribution is -0.111. The summed E-state index contributed by atoms with van der Waals surface area (Å²) in [5.74, 6) is -3.93. The van der Waals surface area contributed by atoms with E-state index in [-0.39, 0.29) is 11.3 Å². The van der Waals surface area contributed by atoms with Crippen LogP contribution in [0.5, 0.6) is 11.5 Å². The van der Waals surface area contributed by atoms with Crippen LogP contribution >= 0.6 is 0 Å². The number of fused-ring (bicyclic) bond motifs is 1. The zero-order valence-electron chi connectivity index (χ0n) is 18.3. The summed E-state index contributed by atoms with van der Waals surface area (Å²) in [5, 5.41) is 16.8. The number of phenolic OH excluding ortho intramolecular Hbond substituents is 1. The highest BCUT2D eigenvalue weighted by Crippen LogP contribution is 2.37. The van der Waals surface area contributed by atoms with Crippen molar-refractivity contribution in [2.45, 2.75) is 4.90 Å². The molecular weight excluding hydrogens is 504 g/mol. The normalized spacial score (nSPS) is 12.8. The van der Waals surface area contributed by atoms with Crippen molar-refractivity contribution in [2.75, 3.05) is 0 Å². The van der Waals surface area contributed by atoms with Gasteiger partial charge in [0.15, 0.2) is 5.78 Å². The molecule has 1 aliphatic carbocycles. The number of carbonyl (C=O) groups excluding carboxylic acids is 3. The van der Waals surface area contributed by atoms with E-state index >= 15 is 0 Å². The van der Waals surface area contributed by atoms with Crippen LogP contribution in [0.2, 0.25) is 0 Å². The minimum absolute atomic E-state index is 0.107. The molecule has 1 N–H and O–H groups in total. The second-order valence-electron chi connectivity index (χ2n) is 7.32. The van der Waals surface area contributed by atoms with E-state index < -0.39 is 60.6 Å². The molecule has 0 radical (unpaired) electrons. The van der Waals surface area contributed by atoms with Gasteiger partial charge in [0, 0.05) is 32.6 Å². The molecule has 0 heterocycles. The van der Waals surface area contributed by atoms with Gasteiger partial charge in [-0.15, -0.1) is 0 Å². The first kappa shape index (κ1) is 24.7. The van der Waals surface area contributed by atoms with Gasteiger partial charge in [0.05, 0.1) is 17.0 Å². The molecule has 0 fully saturated rings. The van der Waals surface area contributed by atoms with E-state index in [9.17, 15) is 27.9 Å². The first-order valence-electron chi connectivity index (χ1n) is 10.1. The average Bonchev–Trinajstić information content (AvgIpc) is 2.89. The summed E-state index contributed by atoms with van der Waals surface area (Å²) < 4.78 is 31.5.